The molecule has 0 amide bonds. The molecule has 0 atom stereocenters. The number of anilines is 1. The highest BCUT2D eigenvalue weighted by atomic mass is 35.5. The molecule has 5 nitrogen and oxygen atoms in total. The summed E-state index contributed by atoms with van der Waals surface area (Å²) in [5.74, 6) is 0.929. The lowest BCUT2D eigenvalue weighted by atomic mass is 10.2. The Kier molecular flexibility index (Phi) is 4.34. The van der Waals surface area contributed by atoms with E-state index in [2.05, 4.69) is 15.5 Å². The van der Waals surface area contributed by atoms with Crippen LogP contribution in [0.3, 0.4) is 0 Å². The zero-order valence-corrected chi connectivity index (χ0v) is 12.0. The lowest BCUT2D eigenvalue weighted by Gasteiger charge is -2.08. The highest BCUT2D eigenvalue weighted by molar-refractivity contribution is 7.80. The summed E-state index contributed by atoms with van der Waals surface area (Å²) >= 11 is 11.0. The third-order valence-corrected chi connectivity index (χ3v) is 3.25. The number of aromatic nitrogens is 3. The van der Waals surface area contributed by atoms with Gasteiger partial charge in [-0.2, -0.15) is 0 Å². The molecule has 19 heavy (non-hydrogen) atoms. The Labute approximate surface area is 121 Å². The number of nitrogens with one attached hydrogen (secondary N) is 1. The summed E-state index contributed by atoms with van der Waals surface area (Å²) in [5, 5.41) is 11.7. The van der Waals surface area contributed by atoms with Crippen molar-refractivity contribution >= 4 is 34.5 Å². The highest BCUT2D eigenvalue weighted by Crippen LogP contribution is 2.20. The number of benzene rings is 1. The van der Waals surface area contributed by atoms with E-state index in [4.69, 9.17) is 29.6 Å². The zero-order valence-electron chi connectivity index (χ0n) is 10.4. The Morgan fingerprint density at radius 1 is 1.53 bits per heavy atom. The van der Waals surface area contributed by atoms with Gasteiger partial charge in [-0.25, -0.2) is 0 Å². The van der Waals surface area contributed by atoms with E-state index in [1.165, 1.54) is 0 Å². The van der Waals surface area contributed by atoms with Crippen LogP contribution in [-0.2, 0) is 13.5 Å². The lowest BCUT2D eigenvalue weighted by molar-refractivity contribution is 0.788. The highest BCUT2D eigenvalue weighted by Gasteiger charge is 2.05. The number of rotatable bonds is 5. The molecule has 1 aromatic carbocycles. The maximum absolute atomic E-state index is 6.09. The summed E-state index contributed by atoms with van der Waals surface area (Å²) in [6.07, 6.45) is 2.47. The first-order chi connectivity index (χ1) is 9.08. The maximum atomic E-state index is 6.09. The number of aryl methyl sites for hydroxylation is 1. The third-order valence-electron chi connectivity index (χ3n) is 2.72. The lowest BCUT2D eigenvalue weighted by Crippen LogP contribution is -2.11. The standard InChI is InChI=1S/C12H14ClN5S/c1-18-7-16-17-11(18)4-5-15-8-2-3-9(12(14)19)10(13)6-8/h2-3,6-7,15H,4-5H2,1H3,(H2,14,19). The van der Waals surface area contributed by atoms with E-state index in [0.717, 1.165) is 24.5 Å². The fraction of sp³-hybridized carbons (Fsp3) is 0.250. The van der Waals surface area contributed by atoms with Crippen LogP contribution < -0.4 is 11.1 Å². The van der Waals surface area contributed by atoms with Gasteiger partial charge in [-0.3, -0.25) is 0 Å². The summed E-state index contributed by atoms with van der Waals surface area (Å²) in [6.45, 7) is 0.745. The van der Waals surface area contributed by atoms with Crippen molar-refractivity contribution in [2.75, 3.05) is 11.9 Å². The first-order valence-electron chi connectivity index (χ1n) is 5.74. The van der Waals surface area contributed by atoms with Crippen LogP contribution in [0, 0.1) is 0 Å². The molecule has 1 heterocycles. The molecule has 0 fully saturated rings. The Hall–Kier alpha value is -1.66. The largest absolute Gasteiger partial charge is 0.389 e. The quantitative estimate of drug-likeness (QED) is 0.823. The van der Waals surface area contributed by atoms with Crippen molar-refractivity contribution in [2.24, 2.45) is 12.8 Å². The van der Waals surface area contributed by atoms with Crippen LogP contribution in [0.15, 0.2) is 24.5 Å². The summed E-state index contributed by atoms with van der Waals surface area (Å²) < 4.78 is 1.89. The van der Waals surface area contributed by atoms with Gasteiger partial charge >= 0.3 is 0 Å². The van der Waals surface area contributed by atoms with E-state index in [-0.39, 0.29) is 0 Å². The Morgan fingerprint density at radius 2 is 2.32 bits per heavy atom. The molecule has 2 aromatic rings. The van der Waals surface area contributed by atoms with Gasteiger partial charge in [0.25, 0.3) is 0 Å². The molecule has 0 unspecified atom stereocenters. The van der Waals surface area contributed by atoms with Crippen molar-refractivity contribution in [2.45, 2.75) is 6.42 Å². The van der Waals surface area contributed by atoms with Crippen LogP contribution in [0.4, 0.5) is 5.69 Å². The molecule has 7 heteroatoms. The number of hydrogen-bond acceptors (Lipinski definition) is 4. The van der Waals surface area contributed by atoms with Crippen LogP contribution >= 0.6 is 23.8 Å². The topological polar surface area (TPSA) is 68.8 Å². The van der Waals surface area contributed by atoms with Gasteiger partial charge in [-0.1, -0.05) is 23.8 Å². The fourth-order valence-electron chi connectivity index (χ4n) is 1.68. The molecule has 0 aliphatic rings. The van der Waals surface area contributed by atoms with Crippen LogP contribution in [-0.4, -0.2) is 26.3 Å². The van der Waals surface area contributed by atoms with E-state index < -0.39 is 0 Å². The van der Waals surface area contributed by atoms with Gasteiger partial charge in [0.1, 0.15) is 17.1 Å². The van der Waals surface area contributed by atoms with Gasteiger partial charge in [0.2, 0.25) is 0 Å². The van der Waals surface area contributed by atoms with Crippen LogP contribution in [0.1, 0.15) is 11.4 Å². The fourth-order valence-corrected chi connectivity index (χ4v) is 2.19. The van der Waals surface area contributed by atoms with Crippen molar-refractivity contribution < 1.29 is 0 Å². The monoisotopic (exact) mass is 295 g/mol. The third kappa shape index (κ3) is 3.42. The van der Waals surface area contributed by atoms with Gasteiger partial charge in [-0.05, 0) is 18.2 Å². The van der Waals surface area contributed by atoms with Gasteiger partial charge < -0.3 is 15.6 Å². The van der Waals surface area contributed by atoms with E-state index in [1.54, 1.807) is 6.33 Å². The average molecular weight is 296 g/mol. The van der Waals surface area contributed by atoms with Crippen molar-refractivity contribution in [1.82, 2.24) is 14.8 Å². The van der Waals surface area contributed by atoms with Crippen molar-refractivity contribution in [1.29, 1.82) is 0 Å². The summed E-state index contributed by atoms with van der Waals surface area (Å²) in [5.41, 5.74) is 7.17. The molecule has 0 aliphatic heterocycles. The molecule has 0 radical (unpaired) electrons. The SMILES string of the molecule is Cn1cnnc1CCNc1ccc(C(N)=S)c(Cl)c1. The number of thiocarbonyl (C=S) groups is 1. The Balaban J connectivity index is 1.95. The van der Waals surface area contributed by atoms with E-state index >= 15 is 0 Å². The molecular formula is C12H14ClN5S. The minimum Gasteiger partial charge on any atom is -0.389 e. The summed E-state index contributed by atoms with van der Waals surface area (Å²) in [7, 11) is 1.92. The number of nitrogens with two attached hydrogens (primary N) is 1. The predicted octanol–water partition coefficient (Wildman–Crippen LogP) is 1.76. The molecule has 0 saturated carbocycles. The number of hydrogen-bond donors (Lipinski definition) is 2. The van der Waals surface area contributed by atoms with Crippen molar-refractivity contribution in [3.8, 4) is 0 Å². The first-order valence-corrected chi connectivity index (χ1v) is 6.52. The van der Waals surface area contributed by atoms with E-state index in [0.29, 0.717) is 15.6 Å². The predicted molar refractivity (Wildman–Crippen MR) is 80.5 cm³/mol. The van der Waals surface area contributed by atoms with Crippen molar-refractivity contribution in [3.63, 3.8) is 0 Å². The molecule has 0 bridgehead atoms. The number of nitrogens with zero attached hydrogens (tertiary/aromatic N) is 3. The van der Waals surface area contributed by atoms with Crippen molar-refractivity contribution in [3.05, 3.63) is 40.9 Å². The van der Waals surface area contributed by atoms with Crippen LogP contribution in [0.25, 0.3) is 0 Å². The second-order valence-corrected chi connectivity index (χ2v) is 4.94. The number of halogens is 1. The molecule has 2 rings (SSSR count). The van der Waals surface area contributed by atoms with Gasteiger partial charge in [0, 0.05) is 31.3 Å². The minimum absolute atomic E-state index is 0.302. The Bertz CT molecular complexity index is 596. The second kappa shape index (κ2) is 5.99. The van der Waals surface area contributed by atoms with E-state index in [9.17, 15) is 0 Å². The van der Waals surface area contributed by atoms with Crippen LogP contribution in [0.2, 0.25) is 5.02 Å². The minimum atomic E-state index is 0.302. The second-order valence-electron chi connectivity index (χ2n) is 4.09. The molecule has 0 spiro atoms. The molecule has 1 aromatic heterocycles. The molecular weight excluding hydrogens is 282 g/mol. The molecule has 0 saturated heterocycles. The average Bonchev–Trinajstić information content (AvgIpc) is 2.75. The maximum Gasteiger partial charge on any atom is 0.134 e. The smallest absolute Gasteiger partial charge is 0.134 e. The van der Waals surface area contributed by atoms with Crippen LogP contribution in [0.5, 0.6) is 0 Å². The molecule has 100 valence electrons. The molecule has 3 N–H and O–H groups in total. The van der Waals surface area contributed by atoms with Gasteiger partial charge in [0.05, 0.1) is 5.02 Å². The van der Waals surface area contributed by atoms with Gasteiger partial charge in [-0.15, -0.1) is 10.2 Å². The van der Waals surface area contributed by atoms with E-state index in [1.807, 2.05) is 29.8 Å². The normalized spacial score (nSPS) is 10.4. The zero-order chi connectivity index (χ0) is 13.8. The van der Waals surface area contributed by atoms with Gasteiger partial charge in [0.15, 0.2) is 0 Å². The summed E-state index contributed by atoms with van der Waals surface area (Å²) in [6, 6.07) is 5.53. The molecule has 0 aliphatic carbocycles. The first kappa shape index (κ1) is 13.8. The summed E-state index contributed by atoms with van der Waals surface area (Å²) in [4.78, 5) is 0.302. The Morgan fingerprint density at radius 3 is 2.89 bits per heavy atom.